The van der Waals surface area contributed by atoms with Crippen molar-refractivity contribution in [3.63, 3.8) is 0 Å². The molecule has 0 fully saturated rings. The quantitative estimate of drug-likeness (QED) is 0.524. The van der Waals surface area contributed by atoms with Crippen molar-refractivity contribution in [3.8, 4) is 28.6 Å². The summed E-state index contributed by atoms with van der Waals surface area (Å²) in [7, 11) is 0. The first-order chi connectivity index (χ1) is 14.8. The fourth-order valence-corrected chi connectivity index (χ4v) is 3.88. The van der Waals surface area contributed by atoms with E-state index in [4.69, 9.17) is 9.15 Å². The second kappa shape index (κ2) is 8.12. The maximum absolute atomic E-state index is 5.82. The summed E-state index contributed by atoms with van der Waals surface area (Å²) in [6, 6.07) is 11.8. The average molecular weight is 401 g/mol. The molecule has 1 aliphatic heterocycles. The van der Waals surface area contributed by atoms with Gasteiger partial charge in [0.1, 0.15) is 11.4 Å². The second-order valence-electron chi connectivity index (χ2n) is 7.31. The van der Waals surface area contributed by atoms with Gasteiger partial charge in [-0.3, -0.25) is 10.00 Å². The molecule has 4 heterocycles. The first-order valence-electron chi connectivity index (χ1n) is 10.2. The SMILES string of the molecule is CCOc1ccccc1-c1n[nH]c2c1CN(Cc1cnc(-c3ccco3)nc1)CC2. The molecule has 0 atom stereocenters. The maximum atomic E-state index is 5.82. The third-order valence-electron chi connectivity index (χ3n) is 5.31. The number of nitrogens with one attached hydrogen (secondary N) is 1. The third kappa shape index (κ3) is 3.59. The first kappa shape index (κ1) is 18.6. The highest BCUT2D eigenvalue weighted by atomic mass is 16.5. The van der Waals surface area contributed by atoms with Crippen LogP contribution in [0.15, 0.2) is 59.5 Å². The van der Waals surface area contributed by atoms with E-state index in [2.05, 4.69) is 31.1 Å². The Hall–Kier alpha value is -3.45. The molecule has 0 amide bonds. The lowest BCUT2D eigenvalue weighted by Gasteiger charge is -2.27. The van der Waals surface area contributed by atoms with Crippen molar-refractivity contribution < 1.29 is 9.15 Å². The van der Waals surface area contributed by atoms with Gasteiger partial charge in [0.15, 0.2) is 11.6 Å². The zero-order valence-corrected chi connectivity index (χ0v) is 16.8. The highest BCUT2D eigenvalue weighted by molar-refractivity contribution is 5.70. The van der Waals surface area contributed by atoms with Gasteiger partial charge < -0.3 is 9.15 Å². The molecule has 152 valence electrons. The van der Waals surface area contributed by atoms with E-state index in [0.717, 1.165) is 48.6 Å². The molecule has 1 aliphatic rings. The highest BCUT2D eigenvalue weighted by Gasteiger charge is 2.24. The number of aromatic nitrogens is 4. The van der Waals surface area contributed by atoms with Crippen molar-refractivity contribution in [2.24, 2.45) is 0 Å². The Morgan fingerprint density at radius 1 is 1.13 bits per heavy atom. The fraction of sp³-hybridized carbons (Fsp3) is 0.261. The average Bonchev–Trinajstić information content (AvgIpc) is 3.45. The van der Waals surface area contributed by atoms with Crippen molar-refractivity contribution in [2.45, 2.75) is 26.4 Å². The van der Waals surface area contributed by atoms with Crippen LogP contribution in [-0.2, 0) is 19.5 Å². The molecule has 3 aromatic heterocycles. The fourth-order valence-electron chi connectivity index (χ4n) is 3.88. The van der Waals surface area contributed by atoms with Crippen LogP contribution in [0.3, 0.4) is 0 Å². The molecule has 0 radical (unpaired) electrons. The summed E-state index contributed by atoms with van der Waals surface area (Å²) in [6.45, 7) is 5.19. The number of benzene rings is 1. The molecule has 0 saturated carbocycles. The number of nitrogens with zero attached hydrogens (tertiary/aromatic N) is 4. The maximum Gasteiger partial charge on any atom is 0.195 e. The zero-order valence-electron chi connectivity index (χ0n) is 16.8. The summed E-state index contributed by atoms with van der Waals surface area (Å²) >= 11 is 0. The zero-order chi connectivity index (χ0) is 20.3. The Morgan fingerprint density at radius 3 is 2.80 bits per heavy atom. The molecule has 7 heteroatoms. The number of furan rings is 1. The number of para-hydroxylation sites is 1. The minimum atomic E-state index is 0.606. The molecule has 1 aromatic carbocycles. The molecule has 30 heavy (non-hydrogen) atoms. The number of rotatable bonds is 6. The Labute approximate surface area is 174 Å². The van der Waals surface area contributed by atoms with Gasteiger partial charge in [-0.05, 0) is 31.2 Å². The molecule has 0 bridgehead atoms. The van der Waals surface area contributed by atoms with Crippen molar-refractivity contribution >= 4 is 0 Å². The lowest BCUT2D eigenvalue weighted by Crippen LogP contribution is -2.30. The van der Waals surface area contributed by atoms with Crippen LogP contribution in [0.1, 0.15) is 23.7 Å². The lowest BCUT2D eigenvalue weighted by molar-refractivity contribution is 0.244. The van der Waals surface area contributed by atoms with Crippen molar-refractivity contribution in [1.82, 2.24) is 25.1 Å². The van der Waals surface area contributed by atoms with Crippen LogP contribution in [-0.4, -0.2) is 38.2 Å². The topological polar surface area (TPSA) is 80.1 Å². The van der Waals surface area contributed by atoms with E-state index in [1.807, 2.05) is 49.6 Å². The van der Waals surface area contributed by atoms with E-state index < -0.39 is 0 Å². The number of hydrogen-bond donors (Lipinski definition) is 1. The molecule has 4 aromatic rings. The number of hydrogen-bond acceptors (Lipinski definition) is 6. The smallest absolute Gasteiger partial charge is 0.195 e. The van der Waals surface area contributed by atoms with Crippen molar-refractivity contribution in [3.05, 3.63) is 71.9 Å². The highest BCUT2D eigenvalue weighted by Crippen LogP contribution is 2.34. The van der Waals surface area contributed by atoms with Crippen LogP contribution in [0.25, 0.3) is 22.8 Å². The lowest BCUT2D eigenvalue weighted by atomic mass is 10.00. The number of aromatic amines is 1. The van der Waals surface area contributed by atoms with Crippen LogP contribution in [0, 0.1) is 0 Å². The molecule has 5 rings (SSSR count). The predicted octanol–water partition coefficient (Wildman–Crippen LogP) is 4.08. The Balaban J connectivity index is 1.35. The van der Waals surface area contributed by atoms with E-state index >= 15 is 0 Å². The summed E-state index contributed by atoms with van der Waals surface area (Å²) in [5, 5.41) is 7.86. The summed E-state index contributed by atoms with van der Waals surface area (Å²) in [5.74, 6) is 2.16. The van der Waals surface area contributed by atoms with E-state index in [-0.39, 0.29) is 0 Å². The molecular formula is C23H23N5O2. The largest absolute Gasteiger partial charge is 0.493 e. The van der Waals surface area contributed by atoms with Crippen molar-refractivity contribution in [1.29, 1.82) is 0 Å². The minimum absolute atomic E-state index is 0.606. The molecule has 0 spiro atoms. The molecular weight excluding hydrogens is 378 g/mol. The van der Waals surface area contributed by atoms with Crippen LogP contribution in [0.5, 0.6) is 5.75 Å². The first-order valence-corrected chi connectivity index (χ1v) is 10.2. The van der Waals surface area contributed by atoms with Crippen LogP contribution in [0.4, 0.5) is 0 Å². The van der Waals surface area contributed by atoms with Gasteiger partial charge in [-0.15, -0.1) is 0 Å². The van der Waals surface area contributed by atoms with E-state index in [1.54, 1.807) is 6.26 Å². The Kier molecular flexibility index (Phi) is 5.03. The Bertz CT molecular complexity index is 1120. The third-order valence-corrected chi connectivity index (χ3v) is 5.31. The Morgan fingerprint density at radius 2 is 2.00 bits per heavy atom. The summed E-state index contributed by atoms with van der Waals surface area (Å²) < 4.78 is 11.2. The van der Waals surface area contributed by atoms with E-state index in [0.29, 0.717) is 18.2 Å². The van der Waals surface area contributed by atoms with Gasteiger partial charge in [0.2, 0.25) is 0 Å². The van der Waals surface area contributed by atoms with Crippen LogP contribution >= 0.6 is 0 Å². The molecule has 0 saturated heterocycles. The van der Waals surface area contributed by atoms with E-state index in [9.17, 15) is 0 Å². The molecule has 0 unspecified atom stereocenters. The van der Waals surface area contributed by atoms with Crippen LogP contribution in [0.2, 0.25) is 0 Å². The number of H-pyrrole nitrogens is 1. The second-order valence-corrected chi connectivity index (χ2v) is 7.31. The van der Waals surface area contributed by atoms with Gasteiger partial charge in [-0.1, -0.05) is 12.1 Å². The minimum Gasteiger partial charge on any atom is -0.493 e. The van der Waals surface area contributed by atoms with Crippen molar-refractivity contribution in [2.75, 3.05) is 13.2 Å². The van der Waals surface area contributed by atoms with Gasteiger partial charge in [-0.25, -0.2) is 9.97 Å². The van der Waals surface area contributed by atoms with Gasteiger partial charge in [0.05, 0.1) is 12.9 Å². The molecule has 7 nitrogen and oxygen atoms in total. The molecule has 1 N–H and O–H groups in total. The normalized spacial score (nSPS) is 13.9. The summed E-state index contributed by atoms with van der Waals surface area (Å²) in [4.78, 5) is 11.3. The predicted molar refractivity (Wildman–Crippen MR) is 113 cm³/mol. The summed E-state index contributed by atoms with van der Waals surface area (Å²) in [6.07, 6.45) is 6.32. The number of ether oxygens (including phenoxy) is 1. The van der Waals surface area contributed by atoms with Gasteiger partial charge in [0, 0.05) is 60.8 Å². The van der Waals surface area contributed by atoms with Gasteiger partial charge in [0.25, 0.3) is 0 Å². The summed E-state index contributed by atoms with van der Waals surface area (Å²) in [5.41, 5.74) is 5.53. The van der Waals surface area contributed by atoms with Gasteiger partial charge in [-0.2, -0.15) is 5.10 Å². The van der Waals surface area contributed by atoms with Crippen LogP contribution < -0.4 is 4.74 Å². The monoisotopic (exact) mass is 401 g/mol. The standard InChI is InChI=1S/C23H23N5O2/c1-2-29-20-7-4-3-6-17(20)22-18-15-28(10-9-19(18)26-27-22)14-16-12-24-23(25-13-16)21-8-5-11-30-21/h3-8,11-13H,2,9-10,14-15H2,1H3,(H,26,27). The number of fused-ring (bicyclic) bond motifs is 1. The van der Waals surface area contributed by atoms with E-state index in [1.165, 1.54) is 11.3 Å². The molecule has 0 aliphatic carbocycles. The van der Waals surface area contributed by atoms with Gasteiger partial charge >= 0.3 is 0 Å².